The highest BCUT2D eigenvalue weighted by Crippen LogP contribution is 2.24. The highest BCUT2D eigenvalue weighted by Gasteiger charge is 2.18. The molecular weight excluding hydrogens is 272 g/mol. The van der Waals surface area contributed by atoms with Gasteiger partial charge in [0.15, 0.2) is 0 Å². The molecule has 0 aromatic heterocycles. The molecule has 6 nitrogen and oxygen atoms in total. The van der Waals surface area contributed by atoms with Crippen LogP contribution in [0.25, 0.3) is 0 Å². The van der Waals surface area contributed by atoms with Gasteiger partial charge < -0.3 is 10.1 Å². The first-order chi connectivity index (χ1) is 9.08. The molecule has 2 rings (SSSR count). The summed E-state index contributed by atoms with van der Waals surface area (Å²) in [6.45, 7) is 1.92. The molecule has 0 radical (unpaired) electrons. The van der Waals surface area contributed by atoms with Gasteiger partial charge in [-0.15, -0.1) is 0 Å². The van der Waals surface area contributed by atoms with E-state index in [1.54, 1.807) is 0 Å². The quantitative estimate of drug-likeness (QED) is 0.677. The highest BCUT2D eigenvalue weighted by molar-refractivity contribution is 6.33. The third-order valence-corrected chi connectivity index (χ3v) is 3.28. The van der Waals surface area contributed by atoms with Crippen LogP contribution in [0, 0.1) is 16.0 Å². The molecule has 7 heteroatoms. The number of rotatable bonds is 4. The molecule has 1 saturated heterocycles. The Bertz CT molecular complexity index is 501. The minimum Gasteiger partial charge on any atom is -0.381 e. The van der Waals surface area contributed by atoms with Gasteiger partial charge >= 0.3 is 0 Å². The number of nitrogens with zero attached hydrogens (tertiary/aromatic N) is 1. The van der Waals surface area contributed by atoms with Gasteiger partial charge in [-0.2, -0.15) is 0 Å². The summed E-state index contributed by atoms with van der Waals surface area (Å²) in [5, 5.41) is 13.3. The van der Waals surface area contributed by atoms with Crippen molar-refractivity contribution in [2.75, 3.05) is 19.8 Å². The summed E-state index contributed by atoms with van der Waals surface area (Å²) >= 11 is 5.75. The lowest BCUT2D eigenvalue weighted by atomic mass is 10.1. The molecular formula is C12H13ClN2O4. The van der Waals surface area contributed by atoms with E-state index in [9.17, 15) is 14.9 Å². The molecule has 0 spiro atoms. The number of hydrogen-bond acceptors (Lipinski definition) is 4. The first-order valence-corrected chi connectivity index (χ1v) is 6.25. The fourth-order valence-electron chi connectivity index (χ4n) is 1.88. The van der Waals surface area contributed by atoms with Crippen LogP contribution in [-0.2, 0) is 4.74 Å². The van der Waals surface area contributed by atoms with Crippen molar-refractivity contribution in [1.82, 2.24) is 5.32 Å². The molecule has 0 saturated carbocycles. The molecule has 102 valence electrons. The maximum Gasteiger partial charge on any atom is 0.287 e. The molecule has 1 heterocycles. The lowest BCUT2D eigenvalue weighted by Crippen LogP contribution is -2.29. The van der Waals surface area contributed by atoms with Gasteiger partial charge in [0.05, 0.1) is 11.5 Å². The Labute approximate surface area is 114 Å². The monoisotopic (exact) mass is 284 g/mol. The number of nitro groups is 1. The largest absolute Gasteiger partial charge is 0.381 e. The Balaban J connectivity index is 1.98. The second-order valence-electron chi connectivity index (χ2n) is 4.36. The van der Waals surface area contributed by atoms with E-state index in [-0.39, 0.29) is 16.6 Å². The second kappa shape index (κ2) is 5.99. The predicted molar refractivity (Wildman–Crippen MR) is 69.4 cm³/mol. The Morgan fingerprint density at radius 1 is 1.58 bits per heavy atom. The van der Waals surface area contributed by atoms with Crippen molar-refractivity contribution < 1.29 is 14.5 Å². The number of ether oxygens (including phenoxy) is 1. The van der Waals surface area contributed by atoms with E-state index < -0.39 is 4.92 Å². The van der Waals surface area contributed by atoms with Crippen LogP contribution in [0.3, 0.4) is 0 Å². The number of amides is 1. The van der Waals surface area contributed by atoms with E-state index in [2.05, 4.69) is 5.32 Å². The number of nitrogens with one attached hydrogen (secondary N) is 1. The molecule has 1 fully saturated rings. The van der Waals surface area contributed by atoms with Gasteiger partial charge in [-0.3, -0.25) is 14.9 Å². The second-order valence-corrected chi connectivity index (χ2v) is 4.77. The topological polar surface area (TPSA) is 81.5 Å². The van der Waals surface area contributed by atoms with Crippen LogP contribution in [0.5, 0.6) is 0 Å². The standard InChI is InChI=1S/C12H13ClN2O4/c13-10-5-9(1-2-11(10)15(17)18)12(16)14-6-8-3-4-19-7-8/h1-2,5,8H,3-4,6-7H2,(H,14,16). The number of benzene rings is 1. The molecule has 1 aliphatic heterocycles. The molecule has 1 unspecified atom stereocenters. The zero-order valence-corrected chi connectivity index (χ0v) is 10.9. The molecule has 1 N–H and O–H groups in total. The highest BCUT2D eigenvalue weighted by atomic mass is 35.5. The van der Waals surface area contributed by atoms with Crippen molar-refractivity contribution in [3.8, 4) is 0 Å². The molecule has 1 atom stereocenters. The van der Waals surface area contributed by atoms with Crippen LogP contribution < -0.4 is 5.32 Å². The van der Waals surface area contributed by atoms with Crippen molar-refractivity contribution >= 4 is 23.2 Å². The van der Waals surface area contributed by atoms with Gasteiger partial charge in [0.25, 0.3) is 11.6 Å². The summed E-state index contributed by atoms with van der Waals surface area (Å²) in [5.41, 5.74) is 0.108. The smallest absolute Gasteiger partial charge is 0.287 e. The maximum atomic E-state index is 11.9. The van der Waals surface area contributed by atoms with Gasteiger partial charge in [-0.25, -0.2) is 0 Å². The van der Waals surface area contributed by atoms with Gasteiger partial charge in [0.2, 0.25) is 0 Å². The molecule has 0 aliphatic carbocycles. The van der Waals surface area contributed by atoms with Crippen LogP contribution in [-0.4, -0.2) is 30.6 Å². The third-order valence-electron chi connectivity index (χ3n) is 2.98. The van der Waals surface area contributed by atoms with Gasteiger partial charge in [-0.05, 0) is 18.6 Å². The molecule has 19 heavy (non-hydrogen) atoms. The fraction of sp³-hybridized carbons (Fsp3) is 0.417. The van der Waals surface area contributed by atoms with Gasteiger partial charge in [-0.1, -0.05) is 11.6 Å². The first-order valence-electron chi connectivity index (χ1n) is 5.88. The van der Waals surface area contributed by atoms with E-state index in [0.717, 1.165) is 13.0 Å². The Morgan fingerprint density at radius 3 is 2.95 bits per heavy atom. The minimum absolute atomic E-state index is 0.0400. The van der Waals surface area contributed by atoms with Crippen LogP contribution >= 0.6 is 11.6 Å². The summed E-state index contributed by atoms with van der Waals surface area (Å²) in [5.74, 6) is 0.0427. The van der Waals surface area contributed by atoms with E-state index in [1.807, 2.05) is 0 Å². The Morgan fingerprint density at radius 2 is 2.37 bits per heavy atom. The Kier molecular flexibility index (Phi) is 4.34. The maximum absolute atomic E-state index is 11.9. The van der Waals surface area contributed by atoms with Crippen LogP contribution in [0.4, 0.5) is 5.69 Å². The van der Waals surface area contributed by atoms with Gasteiger partial charge in [0, 0.05) is 30.7 Å². The third kappa shape index (κ3) is 3.42. The number of nitro benzene ring substituents is 1. The van der Waals surface area contributed by atoms with Gasteiger partial charge in [0.1, 0.15) is 5.02 Å². The summed E-state index contributed by atoms with van der Waals surface area (Å²) in [6.07, 6.45) is 0.932. The number of halogens is 1. The number of hydrogen-bond donors (Lipinski definition) is 1. The molecule has 0 bridgehead atoms. The van der Waals surface area contributed by atoms with Crippen molar-refractivity contribution in [2.45, 2.75) is 6.42 Å². The average molecular weight is 285 g/mol. The average Bonchev–Trinajstić information content (AvgIpc) is 2.88. The van der Waals surface area contributed by atoms with Crippen molar-refractivity contribution in [1.29, 1.82) is 0 Å². The first kappa shape index (κ1) is 13.8. The summed E-state index contributed by atoms with van der Waals surface area (Å²) < 4.78 is 5.21. The van der Waals surface area contributed by atoms with Crippen LogP contribution in [0.2, 0.25) is 5.02 Å². The van der Waals surface area contributed by atoms with E-state index in [0.29, 0.717) is 24.6 Å². The zero-order valence-electron chi connectivity index (χ0n) is 10.1. The number of carbonyl (C=O) groups excluding carboxylic acids is 1. The lowest BCUT2D eigenvalue weighted by Gasteiger charge is -2.09. The summed E-state index contributed by atoms with van der Waals surface area (Å²) in [6, 6.07) is 3.93. The Hall–Kier alpha value is -1.66. The normalized spacial score (nSPS) is 18.3. The molecule has 1 aromatic rings. The summed E-state index contributed by atoms with van der Waals surface area (Å²) in [7, 11) is 0. The molecule has 1 aliphatic rings. The van der Waals surface area contributed by atoms with Crippen molar-refractivity contribution in [3.05, 3.63) is 38.9 Å². The molecule has 1 amide bonds. The minimum atomic E-state index is -0.583. The van der Waals surface area contributed by atoms with Crippen molar-refractivity contribution in [3.63, 3.8) is 0 Å². The number of carbonyl (C=O) groups is 1. The molecule has 1 aromatic carbocycles. The zero-order chi connectivity index (χ0) is 13.8. The van der Waals surface area contributed by atoms with Crippen molar-refractivity contribution in [2.24, 2.45) is 5.92 Å². The van der Waals surface area contributed by atoms with E-state index in [4.69, 9.17) is 16.3 Å². The van der Waals surface area contributed by atoms with Crippen LogP contribution in [0.15, 0.2) is 18.2 Å². The fourth-order valence-corrected chi connectivity index (χ4v) is 2.13. The SMILES string of the molecule is O=C(NCC1CCOC1)c1ccc([N+](=O)[O-])c(Cl)c1. The van der Waals surface area contributed by atoms with E-state index in [1.165, 1.54) is 18.2 Å². The lowest BCUT2D eigenvalue weighted by molar-refractivity contribution is -0.384. The van der Waals surface area contributed by atoms with E-state index >= 15 is 0 Å². The summed E-state index contributed by atoms with van der Waals surface area (Å²) in [4.78, 5) is 21.9. The van der Waals surface area contributed by atoms with Crippen LogP contribution in [0.1, 0.15) is 16.8 Å². The predicted octanol–water partition coefficient (Wildman–Crippen LogP) is 2.01.